The number of nitrogens with one attached hydrogen (secondary N) is 3. The van der Waals surface area contributed by atoms with Crippen LogP contribution in [0.2, 0.25) is 5.02 Å². The summed E-state index contributed by atoms with van der Waals surface area (Å²) >= 11 is 11.2. The van der Waals surface area contributed by atoms with E-state index in [4.69, 9.17) is 11.6 Å². The van der Waals surface area contributed by atoms with E-state index in [9.17, 15) is 0 Å². The maximum absolute atomic E-state index is 6.10. The number of allylic oxidation sites excluding steroid dienone is 1. The minimum Gasteiger partial charge on any atom is -0.350 e. The molecule has 6 nitrogen and oxygen atoms in total. The maximum atomic E-state index is 6.10. The molecule has 0 radical (unpaired) electrons. The van der Waals surface area contributed by atoms with Crippen molar-refractivity contribution in [1.82, 2.24) is 20.2 Å². The number of hydrogen-bond acceptors (Lipinski definition) is 6. The molecule has 1 saturated carbocycles. The summed E-state index contributed by atoms with van der Waals surface area (Å²) in [6.45, 7) is 6.76. The lowest BCUT2D eigenvalue weighted by Crippen LogP contribution is -2.08. The summed E-state index contributed by atoms with van der Waals surface area (Å²) in [5, 5.41) is 14.7. The molecule has 3 aromatic rings. The van der Waals surface area contributed by atoms with Crippen LogP contribution < -0.4 is 10.6 Å². The fraction of sp³-hybridized carbons (Fsp3) is 0.227. The lowest BCUT2D eigenvalue weighted by Gasteiger charge is -2.12. The smallest absolute Gasteiger partial charge is 0.224 e. The van der Waals surface area contributed by atoms with Gasteiger partial charge in [-0.25, -0.2) is 4.98 Å². The molecule has 0 saturated heterocycles. The van der Waals surface area contributed by atoms with Gasteiger partial charge in [0.05, 0.1) is 4.47 Å². The maximum Gasteiger partial charge on any atom is 0.224 e. The van der Waals surface area contributed by atoms with E-state index in [1.54, 1.807) is 18.0 Å². The second-order valence-corrected chi connectivity index (χ2v) is 9.65. The fourth-order valence-corrected chi connectivity index (χ4v) is 4.21. The van der Waals surface area contributed by atoms with Crippen molar-refractivity contribution < 1.29 is 0 Å². The summed E-state index contributed by atoms with van der Waals surface area (Å²) < 4.78 is 0.768. The molecular formula is C22H22BrClN6S. The van der Waals surface area contributed by atoms with Gasteiger partial charge in [0.2, 0.25) is 5.95 Å². The molecule has 0 bridgehead atoms. The van der Waals surface area contributed by atoms with Gasteiger partial charge in [-0.2, -0.15) is 10.1 Å². The minimum absolute atomic E-state index is 0.525. The molecule has 31 heavy (non-hydrogen) atoms. The number of aromatic nitrogens is 4. The standard InChI is InChI=1S/C22H22BrClN6S/c1-3-17(31-13(2)15-5-4-6-16(24)9-15)11-25-22-26-12-18(23)21(28-22)27-20-10-19(29-30-20)14-7-8-14/h3-6,9-10,12,14H,2,7-8,11H2,1H3,(H3,25,26,27,28,29,30)/b17-3-. The molecule has 160 valence electrons. The van der Waals surface area contributed by atoms with Crippen molar-refractivity contribution in [3.05, 3.63) is 74.8 Å². The molecule has 1 aliphatic carbocycles. The van der Waals surface area contributed by atoms with E-state index in [1.165, 1.54) is 18.5 Å². The van der Waals surface area contributed by atoms with E-state index in [2.05, 4.69) is 59.4 Å². The molecule has 0 aliphatic heterocycles. The van der Waals surface area contributed by atoms with Crippen LogP contribution in [-0.4, -0.2) is 26.7 Å². The Morgan fingerprint density at radius 2 is 2.23 bits per heavy atom. The Balaban J connectivity index is 1.37. The van der Waals surface area contributed by atoms with Gasteiger partial charge in [0, 0.05) is 45.3 Å². The zero-order valence-corrected chi connectivity index (χ0v) is 20.1. The van der Waals surface area contributed by atoms with E-state index < -0.39 is 0 Å². The lowest BCUT2D eigenvalue weighted by atomic mass is 10.2. The van der Waals surface area contributed by atoms with Gasteiger partial charge in [0.15, 0.2) is 11.6 Å². The van der Waals surface area contributed by atoms with Crippen LogP contribution in [0.5, 0.6) is 0 Å². The van der Waals surface area contributed by atoms with Crippen LogP contribution in [0.4, 0.5) is 17.6 Å². The predicted octanol–water partition coefficient (Wildman–Crippen LogP) is 6.96. The van der Waals surface area contributed by atoms with Gasteiger partial charge in [-0.05, 0) is 53.4 Å². The van der Waals surface area contributed by atoms with Crippen LogP contribution in [0.15, 0.2) is 58.6 Å². The highest BCUT2D eigenvalue weighted by Crippen LogP contribution is 2.40. The van der Waals surface area contributed by atoms with Gasteiger partial charge in [-0.3, -0.25) is 5.10 Å². The zero-order chi connectivity index (χ0) is 21.8. The van der Waals surface area contributed by atoms with Crippen LogP contribution in [-0.2, 0) is 0 Å². The lowest BCUT2D eigenvalue weighted by molar-refractivity contribution is 0.966. The Morgan fingerprint density at radius 3 is 2.97 bits per heavy atom. The van der Waals surface area contributed by atoms with Crippen molar-refractivity contribution in [3.8, 4) is 0 Å². The SMILES string of the molecule is C=C(S/C(=C\C)CNc1ncc(Br)c(Nc2cc(C3CC3)[nH]n2)n1)c1cccc(Cl)c1. The number of benzene rings is 1. The van der Waals surface area contributed by atoms with Gasteiger partial charge in [-0.1, -0.05) is 48.2 Å². The Hall–Kier alpha value is -2.29. The van der Waals surface area contributed by atoms with E-state index >= 15 is 0 Å². The quantitative estimate of drug-likeness (QED) is 0.285. The number of thioether (sulfide) groups is 1. The molecule has 2 aromatic heterocycles. The molecule has 1 aromatic carbocycles. The summed E-state index contributed by atoms with van der Waals surface area (Å²) in [6.07, 6.45) is 6.22. The van der Waals surface area contributed by atoms with Crippen LogP contribution in [0.25, 0.3) is 4.91 Å². The fourth-order valence-electron chi connectivity index (χ4n) is 2.91. The van der Waals surface area contributed by atoms with Gasteiger partial charge in [0.1, 0.15) is 0 Å². The van der Waals surface area contributed by atoms with Crippen molar-refractivity contribution in [2.75, 3.05) is 17.2 Å². The molecule has 0 atom stereocenters. The average molecular weight is 518 g/mol. The summed E-state index contributed by atoms with van der Waals surface area (Å²) in [5.41, 5.74) is 2.17. The van der Waals surface area contributed by atoms with E-state index in [1.807, 2.05) is 37.3 Å². The second-order valence-electron chi connectivity index (χ2n) is 7.14. The highest BCUT2D eigenvalue weighted by atomic mass is 79.9. The largest absolute Gasteiger partial charge is 0.350 e. The molecule has 0 spiro atoms. The van der Waals surface area contributed by atoms with Gasteiger partial charge in [-0.15, -0.1) is 0 Å². The molecule has 9 heteroatoms. The Kier molecular flexibility index (Phi) is 6.99. The Bertz CT molecular complexity index is 1120. The first kappa shape index (κ1) is 21.9. The normalized spacial score (nSPS) is 13.8. The topological polar surface area (TPSA) is 78.5 Å². The van der Waals surface area contributed by atoms with Crippen LogP contribution in [0.3, 0.4) is 0 Å². The van der Waals surface area contributed by atoms with Crippen molar-refractivity contribution >= 4 is 61.8 Å². The molecule has 3 N–H and O–H groups in total. The van der Waals surface area contributed by atoms with Crippen molar-refractivity contribution in [2.45, 2.75) is 25.7 Å². The molecular weight excluding hydrogens is 496 g/mol. The number of anilines is 3. The Morgan fingerprint density at radius 1 is 1.39 bits per heavy atom. The summed E-state index contributed by atoms with van der Waals surface area (Å²) in [7, 11) is 0. The van der Waals surface area contributed by atoms with Gasteiger partial charge in [0.25, 0.3) is 0 Å². The second kappa shape index (κ2) is 9.89. The van der Waals surface area contributed by atoms with E-state index in [-0.39, 0.29) is 0 Å². The first-order valence-corrected chi connectivity index (χ1v) is 11.9. The third kappa shape index (κ3) is 5.90. The van der Waals surface area contributed by atoms with Gasteiger partial charge >= 0.3 is 0 Å². The monoisotopic (exact) mass is 516 g/mol. The zero-order valence-electron chi connectivity index (χ0n) is 17.0. The highest BCUT2D eigenvalue weighted by molar-refractivity contribution is 9.10. The third-order valence-corrected chi connectivity index (χ3v) is 6.69. The van der Waals surface area contributed by atoms with E-state index in [0.29, 0.717) is 29.3 Å². The number of hydrogen-bond donors (Lipinski definition) is 3. The van der Waals surface area contributed by atoms with Crippen LogP contribution in [0.1, 0.15) is 36.9 Å². The highest BCUT2D eigenvalue weighted by Gasteiger charge is 2.25. The van der Waals surface area contributed by atoms with Crippen LogP contribution in [0, 0.1) is 0 Å². The summed E-state index contributed by atoms with van der Waals surface area (Å²) in [4.78, 5) is 11.0. The third-order valence-electron chi connectivity index (χ3n) is 4.75. The summed E-state index contributed by atoms with van der Waals surface area (Å²) in [6, 6.07) is 9.73. The molecule has 2 heterocycles. The molecule has 1 fully saturated rings. The Labute approximate surface area is 199 Å². The number of nitrogens with zero attached hydrogens (tertiary/aromatic N) is 3. The average Bonchev–Trinajstić information content (AvgIpc) is 3.52. The number of aromatic amines is 1. The molecule has 4 rings (SSSR count). The number of halogens is 2. The first-order chi connectivity index (χ1) is 15.0. The number of rotatable bonds is 9. The van der Waals surface area contributed by atoms with E-state index in [0.717, 1.165) is 25.7 Å². The van der Waals surface area contributed by atoms with Gasteiger partial charge < -0.3 is 10.6 Å². The van der Waals surface area contributed by atoms with Crippen molar-refractivity contribution in [2.24, 2.45) is 0 Å². The molecule has 0 unspecified atom stereocenters. The predicted molar refractivity (Wildman–Crippen MR) is 134 cm³/mol. The first-order valence-electron chi connectivity index (χ1n) is 9.88. The number of H-pyrrole nitrogens is 1. The minimum atomic E-state index is 0.525. The van der Waals surface area contributed by atoms with Crippen molar-refractivity contribution in [3.63, 3.8) is 0 Å². The van der Waals surface area contributed by atoms with Crippen molar-refractivity contribution in [1.29, 1.82) is 0 Å². The van der Waals surface area contributed by atoms with Crippen LogP contribution >= 0.6 is 39.3 Å². The molecule has 1 aliphatic rings. The molecule has 0 amide bonds. The summed E-state index contributed by atoms with van der Waals surface area (Å²) in [5.74, 6) is 2.55.